The number of amides is 1. The molecule has 0 aromatic heterocycles. The number of likely N-dealkylation sites (tertiary alicyclic amines) is 1. The molecule has 0 spiro atoms. The zero-order valence-electron chi connectivity index (χ0n) is 8.54. The van der Waals surface area contributed by atoms with Crippen molar-refractivity contribution in [2.24, 2.45) is 11.7 Å². The van der Waals surface area contributed by atoms with Crippen molar-refractivity contribution >= 4 is 5.91 Å². The molecular formula is C11H18N2O. The van der Waals surface area contributed by atoms with Crippen molar-refractivity contribution in [3.05, 3.63) is 0 Å². The van der Waals surface area contributed by atoms with Gasteiger partial charge in [0.05, 0.1) is 0 Å². The number of rotatable bonds is 5. The summed E-state index contributed by atoms with van der Waals surface area (Å²) in [5.41, 5.74) is 5.39. The van der Waals surface area contributed by atoms with Crippen molar-refractivity contribution < 1.29 is 4.79 Å². The number of nitrogens with two attached hydrogens (primary N) is 1. The topological polar surface area (TPSA) is 46.3 Å². The van der Waals surface area contributed by atoms with Crippen LogP contribution in [0.15, 0.2) is 0 Å². The predicted molar refractivity (Wildman–Crippen MR) is 56.4 cm³/mol. The SMILES string of the molecule is C#CC1CC(=O)N(CCCCCN)C1. The third-order valence-corrected chi connectivity index (χ3v) is 2.58. The summed E-state index contributed by atoms with van der Waals surface area (Å²) in [4.78, 5) is 13.3. The zero-order valence-corrected chi connectivity index (χ0v) is 8.54. The van der Waals surface area contributed by atoms with Crippen molar-refractivity contribution in [1.82, 2.24) is 4.90 Å². The molecule has 2 N–H and O–H groups in total. The first-order valence-corrected chi connectivity index (χ1v) is 5.22. The number of nitrogens with zero attached hydrogens (tertiary/aromatic N) is 1. The Hall–Kier alpha value is -1.01. The molecule has 14 heavy (non-hydrogen) atoms. The Balaban J connectivity index is 2.19. The van der Waals surface area contributed by atoms with Crippen LogP contribution in [0.1, 0.15) is 25.7 Å². The Kier molecular flexibility index (Phi) is 4.48. The maximum absolute atomic E-state index is 11.4. The highest BCUT2D eigenvalue weighted by atomic mass is 16.2. The first-order chi connectivity index (χ1) is 6.77. The van der Waals surface area contributed by atoms with Gasteiger partial charge in [0, 0.05) is 25.4 Å². The molecular weight excluding hydrogens is 176 g/mol. The van der Waals surface area contributed by atoms with Crippen LogP contribution in [0.25, 0.3) is 0 Å². The maximum Gasteiger partial charge on any atom is 0.223 e. The third kappa shape index (κ3) is 3.04. The van der Waals surface area contributed by atoms with Gasteiger partial charge in [0.15, 0.2) is 0 Å². The third-order valence-electron chi connectivity index (χ3n) is 2.58. The summed E-state index contributed by atoms with van der Waals surface area (Å²) in [7, 11) is 0. The van der Waals surface area contributed by atoms with Gasteiger partial charge in [0.25, 0.3) is 0 Å². The summed E-state index contributed by atoms with van der Waals surface area (Å²) in [6.45, 7) is 2.33. The van der Waals surface area contributed by atoms with E-state index in [9.17, 15) is 4.79 Å². The number of carbonyl (C=O) groups is 1. The number of hydrogen-bond acceptors (Lipinski definition) is 2. The summed E-state index contributed by atoms with van der Waals surface area (Å²) in [6.07, 6.45) is 9.01. The minimum atomic E-state index is 0.136. The Morgan fingerprint density at radius 2 is 2.29 bits per heavy atom. The summed E-state index contributed by atoms with van der Waals surface area (Å²) >= 11 is 0. The van der Waals surface area contributed by atoms with Crippen LogP contribution < -0.4 is 5.73 Å². The molecule has 0 saturated carbocycles. The predicted octanol–water partition coefficient (Wildman–Crippen LogP) is 0.597. The lowest BCUT2D eigenvalue weighted by Gasteiger charge is -2.15. The van der Waals surface area contributed by atoms with Gasteiger partial charge in [-0.2, -0.15) is 0 Å². The lowest BCUT2D eigenvalue weighted by molar-refractivity contribution is -0.127. The highest BCUT2D eigenvalue weighted by Gasteiger charge is 2.27. The van der Waals surface area contributed by atoms with Crippen molar-refractivity contribution in [2.45, 2.75) is 25.7 Å². The smallest absolute Gasteiger partial charge is 0.223 e. The molecule has 1 aliphatic rings. The number of carbonyl (C=O) groups excluding carboxylic acids is 1. The number of hydrogen-bond donors (Lipinski definition) is 1. The number of terminal acetylenes is 1. The van der Waals surface area contributed by atoms with Gasteiger partial charge in [0.2, 0.25) is 5.91 Å². The lowest BCUT2D eigenvalue weighted by atomic mass is 10.1. The molecule has 1 fully saturated rings. The monoisotopic (exact) mass is 194 g/mol. The fourth-order valence-electron chi connectivity index (χ4n) is 1.72. The normalized spacial score (nSPS) is 21.3. The second kappa shape index (κ2) is 5.66. The fraction of sp³-hybridized carbons (Fsp3) is 0.727. The van der Waals surface area contributed by atoms with Crippen LogP contribution in [0, 0.1) is 18.3 Å². The fourth-order valence-corrected chi connectivity index (χ4v) is 1.72. The second-order valence-corrected chi connectivity index (χ2v) is 3.76. The molecule has 1 rings (SSSR count). The Labute approximate surface area is 85.6 Å². The van der Waals surface area contributed by atoms with Gasteiger partial charge in [-0.25, -0.2) is 0 Å². The van der Waals surface area contributed by atoms with E-state index in [1.54, 1.807) is 0 Å². The second-order valence-electron chi connectivity index (χ2n) is 3.76. The molecule has 1 unspecified atom stereocenters. The highest BCUT2D eigenvalue weighted by Crippen LogP contribution is 2.17. The molecule has 78 valence electrons. The van der Waals surface area contributed by atoms with Gasteiger partial charge in [0.1, 0.15) is 0 Å². The first-order valence-electron chi connectivity index (χ1n) is 5.22. The molecule has 1 aliphatic heterocycles. The van der Waals surface area contributed by atoms with Gasteiger partial charge >= 0.3 is 0 Å². The van der Waals surface area contributed by atoms with Crippen LogP contribution in [0.2, 0.25) is 0 Å². The first kappa shape index (κ1) is 11.1. The minimum absolute atomic E-state index is 0.136. The quantitative estimate of drug-likeness (QED) is 0.514. The standard InChI is InChI=1S/C11H18N2O/c1-2-10-8-11(14)13(9-10)7-5-3-4-6-12/h1,10H,3-9,12H2. The van der Waals surface area contributed by atoms with Crippen LogP contribution in [0.3, 0.4) is 0 Å². The van der Waals surface area contributed by atoms with E-state index < -0.39 is 0 Å². The van der Waals surface area contributed by atoms with E-state index in [4.69, 9.17) is 12.2 Å². The van der Waals surface area contributed by atoms with E-state index in [-0.39, 0.29) is 11.8 Å². The van der Waals surface area contributed by atoms with Gasteiger partial charge in [-0.3, -0.25) is 4.79 Å². The molecule has 3 heteroatoms. The molecule has 0 aromatic rings. The molecule has 1 atom stereocenters. The van der Waals surface area contributed by atoms with Crippen molar-refractivity contribution in [3.8, 4) is 12.3 Å². The summed E-state index contributed by atoms with van der Waals surface area (Å²) < 4.78 is 0. The zero-order chi connectivity index (χ0) is 10.4. The van der Waals surface area contributed by atoms with Crippen LogP contribution >= 0.6 is 0 Å². The van der Waals surface area contributed by atoms with Gasteiger partial charge < -0.3 is 10.6 Å². The van der Waals surface area contributed by atoms with Gasteiger partial charge in [-0.15, -0.1) is 12.3 Å². The minimum Gasteiger partial charge on any atom is -0.341 e. The molecule has 1 heterocycles. The molecule has 0 aromatic carbocycles. The summed E-state index contributed by atoms with van der Waals surface area (Å²) in [6, 6.07) is 0. The molecule has 1 amide bonds. The van der Waals surface area contributed by atoms with E-state index in [0.29, 0.717) is 6.42 Å². The molecule has 3 nitrogen and oxygen atoms in total. The summed E-state index contributed by atoms with van der Waals surface area (Å²) in [5.74, 6) is 2.99. The average molecular weight is 194 g/mol. The molecule has 0 aliphatic carbocycles. The largest absolute Gasteiger partial charge is 0.341 e. The maximum atomic E-state index is 11.4. The van der Waals surface area contributed by atoms with E-state index in [2.05, 4.69) is 5.92 Å². The average Bonchev–Trinajstić information content (AvgIpc) is 2.54. The Bertz CT molecular complexity index is 232. The van der Waals surface area contributed by atoms with E-state index in [1.165, 1.54) is 0 Å². The van der Waals surface area contributed by atoms with Crippen LogP contribution in [-0.2, 0) is 4.79 Å². The van der Waals surface area contributed by atoms with E-state index in [0.717, 1.165) is 38.9 Å². The number of unbranched alkanes of at least 4 members (excludes halogenated alkanes) is 2. The van der Waals surface area contributed by atoms with Crippen LogP contribution in [0.5, 0.6) is 0 Å². The van der Waals surface area contributed by atoms with Crippen molar-refractivity contribution in [1.29, 1.82) is 0 Å². The van der Waals surface area contributed by atoms with Crippen molar-refractivity contribution in [2.75, 3.05) is 19.6 Å². The Morgan fingerprint density at radius 1 is 1.50 bits per heavy atom. The van der Waals surface area contributed by atoms with Crippen molar-refractivity contribution in [3.63, 3.8) is 0 Å². The van der Waals surface area contributed by atoms with Gasteiger partial charge in [-0.05, 0) is 19.4 Å². The van der Waals surface area contributed by atoms with Gasteiger partial charge in [-0.1, -0.05) is 6.42 Å². The van der Waals surface area contributed by atoms with Crippen LogP contribution in [-0.4, -0.2) is 30.4 Å². The van der Waals surface area contributed by atoms with E-state index in [1.807, 2.05) is 4.90 Å². The Morgan fingerprint density at radius 3 is 2.86 bits per heavy atom. The van der Waals surface area contributed by atoms with Crippen LogP contribution in [0.4, 0.5) is 0 Å². The van der Waals surface area contributed by atoms with E-state index >= 15 is 0 Å². The molecule has 1 saturated heterocycles. The summed E-state index contributed by atoms with van der Waals surface area (Å²) in [5, 5.41) is 0. The lowest BCUT2D eigenvalue weighted by Crippen LogP contribution is -2.26. The molecule has 0 radical (unpaired) electrons. The molecule has 0 bridgehead atoms. The highest BCUT2D eigenvalue weighted by molar-refractivity contribution is 5.79.